The summed E-state index contributed by atoms with van der Waals surface area (Å²) in [6, 6.07) is 14.4. The molecule has 2 aromatic carbocycles. The zero-order chi connectivity index (χ0) is 16.7. The van der Waals surface area contributed by atoms with Crippen LogP contribution in [0.5, 0.6) is 11.5 Å². The highest BCUT2D eigenvalue weighted by Gasteiger charge is 2.06. The van der Waals surface area contributed by atoms with Crippen molar-refractivity contribution in [2.45, 2.75) is 12.8 Å². The molecule has 0 atom stereocenters. The first kappa shape index (κ1) is 16.4. The molecule has 0 saturated carbocycles. The highest BCUT2D eigenvalue weighted by molar-refractivity contribution is 5.90. The van der Waals surface area contributed by atoms with Crippen molar-refractivity contribution in [3.8, 4) is 17.6 Å². The van der Waals surface area contributed by atoms with E-state index in [4.69, 9.17) is 14.7 Å². The number of carbonyl (C=O) groups excluding carboxylic acids is 1. The van der Waals surface area contributed by atoms with Crippen LogP contribution in [-0.4, -0.2) is 20.1 Å². The smallest absolute Gasteiger partial charge is 0.224 e. The predicted molar refractivity (Wildman–Crippen MR) is 87.7 cm³/mol. The van der Waals surface area contributed by atoms with Crippen LogP contribution in [0, 0.1) is 11.3 Å². The maximum absolute atomic E-state index is 12.0. The monoisotopic (exact) mass is 310 g/mol. The molecular weight excluding hydrogens is 292 g/mol. The topological polar surface area (TPSA) is 71.3 Å². The van der Waals surface area contributed by atoms with Gasteiger partial charge in [0.05, 0.1) is 25.9 Å². The molecule has 0 aliphatic carbocycles. The molecule has 5 nitrogen and oxygen atoms in total. The molecule has 0 aliphatic heterocycles. The standard InChI is InChI=1S/C18H18N2O3/c1-22-16-9-14(10-17(11-16)23-2)5-8-18(21)20-15-6-3-13(12-19)4-7-15/h3-4,6-7,9-11H,5,8H2,1-2H3,(H,20,21). The van der Waals surface area contributed by atoms with Crippen LogP contribution in [0.4, 0.5) is 5.69 Å². The van der Waals surface area contributed by atoms with Crippen LogP contribution in [0.25, 0.3) is 0 Å². The van der Waals surface area contributed by atoms with Gasteiger partial charge in [-0.1, -0.05) is 0 Å². The molecule has 2 rings (SSSR count). The molecule has 1 N–H and O–H groups in total. The van der Waals surface area contributed by atoms with Crippen molar-refractivity contribution >= 4 is 11.6 Å². The van der Waals surface area contributed by atoms with Crippen LogP contribution in [0.1, 0.15) is 17.5 Å². The molecule has 0 saturated heterocycles. The van der Waals surface area contributed by atoms with E-state index in [0.717, 1.165) is 5.56 Å². The van der Waals surface area contributed by atoms with Crippen LogP contribution in [0.3, 0.4) is 0 Å². The molecule has 0 radical (unpaired) electrons. The number of benzene rings is 2. The Hall–Kier alpha value is -3.00. The van der Waals surface area contributed by atoms with Gasteiger partial charge in [0, 0.05) is 18.2 Å². The molecule has 118 valence electrons. The first-order chi connectivity index (χ1) is 11.1. The minimum atomic E-state index is -0.0866. The Bertz CT molecular complexity index is 696. The Kier molecular flexibility index (Phi) is 5.59. The molecule has 0 heterocycles. The zero-order valence-electron chi connectivity index (χ0n) is 13.1. The fraction of sp³-hybridized carbons (Fsp3) is 0.222. The number of amides is 1. The van der Waals surface area contributed by atoms with Crippen LogP contribution in [-0.2, 0) is 11.2 Å². The number of anilines is 1. The fourth-order valence-electron chi connectivity index (χ4n) is 2.12. The second kappa shape index (κ2) is 7.85. The summed E-state index contributed by atoms with van der Waals surface area (Å²) in [7, 11) is 3.19. The average Bonchev–Trinajstić information content (AvgIpc) is 2.60. The molecule has 5 heteroatoms. The molecular formula is C18H18N2O3. The summed E-state index contributed by atoms with van der Waals surface area (Å²) in [5.74, 6) is 1.31. The van der Waals surface area contributed by atoms with E-state index in [1.807, 2.05) is 18.2 Å². The highest BCUT2D eigenvalue weighted by atomic mass is 16.5. The lowest BCUT2D eigenvalue weighted by molar-refractivity contribution is -0.116. The number of rotatable bonds is 6. The lowest BCUT2D eigenvalue weighted by Crippen LogP contribution is -2.12. The van der Waals surface area contributed by atoms with Gasteiger partial charge < -0.3 is 14.8 Å². The first-order valence-corrected chi connectivity index (χ1v) is 7.16. The van der Waals surface area contributed by atoms with E-state index in [-0.39, 0.29) is 5.91 Å². The Morgan fingerprint density at radius 3 is 2.22 bits per heavy atom. The average molecular weight is 310 g/mol. The lowest BCUT2D eigenvalue weighted by Gasteiger charge is -2.09. The number of hydrogen-bond donors (Lipinski definition) is 1. The van der Waals surface area contributed by atoms with Crippen molar-refractivity contribution in [2.24, 2.45) is 0 Å². The highest BCUT2D eigenvalue weighted by Crippen LogP contribution is 2.23. The van der Waals surface area contributed by atoms with Crippen LogP contribution in [0.2, 0.25) is 0 Å². The third kappa shape index (κ3) is 4.75. The predicted octanol–water partition coefficient (Wildman–Crippen LogP) is 3.15. The molecule has 2 aromatic rings. The molecule has 0 aliphatic rings. The quantitative estimate of drug-likeness (QED) is 0.889. The van der Waals surface area contributed by atoms with E-state index in [2.05, 4.69) is 5.32 Å². The van der Waals surface area contributed by atoms with Gasteiger partial charge in [-0.15, -0.1) is 0 Å². The van der Waals surface area contributed by atoms with Gasteiger partial charge in [-0.25, -0.2) is 0 Å². The summed E-state index contributed by atoms with van der Waals surface area (Å²) >= 11 is 0. The first-order valence-electron chi connectivity index (χ1n) is 7.16. The third-order valence-electron chi connectivity index (χ3n) is 3.35. The molecule has 0 aromatic heterocycles. The molecule has 0 fully saturated rings. The van der Waals surface area contributed by atoms with E-state index in [1.165, 1.54) is 0 Å². The van der Waals surface area contributed by atoms with Gasteiger partial charge in [-0.2, -0.15) is 5.26 Å². The summed E-state index contributed by atoms with van der Waals surface area (Å²) < 4.78 is 10.4. The zero-order valence-corrected chi connectivity index (χ0v) is 13.1. The molecule has 23 heavy (non-hydrogen) atoms. The number of nitrogens with zero attached hydrogens (tertiary/aromatic N) is 1. The van der Waals surface area contributed by atoms with Crippen molar-refractivity contribution < 1.29 is 14.3 Å². The summed E-state index contributed by atoms with van der Waals surface area (Å²) in [4.78, 5) is 12.0. The summed E-state index contributed by atoms with van der Waals surface area (Å²) in [5, 5.41) is 11.6. The van der Waals surface area contributed by atoms with Crippen LogP contribution in [0.15, 0.2) is 42.5 Å². The molecule has 0 unspecified atom stereocenters. The number of nitriles is 1. The van der Waals surface area contributed by atoms with Gasteiger partial charge in [-0.3, -0.25) is 4.79 Å². The third-order valence-corrected chi connectivity index (χ3v) is 3.35. The van der Waals surface area contributed by atoms with Crippen LogP contribution >= 0.6 is 0 Å². The number of methoxy groups -OCH3 is 2. The lowest BCUT2D eigenvalue weighted by atomic mass is 10.1. The maximum atomic E-state index is 12.0. The number of carbonyl (C=O) groups is 1. The van der Waals surface area contributed by atoms with Crippen molar-refractivity contribution in [3.05, 3.63) is 53.6 Å². The molecule has 1 amide bonds. The molecule has 0 spiro atoms. The minimum Gasteiger partial charge on any atom is -0.497 e. The second-order valence-electron chi connectivity index (χ2n) is 4.96. The summed E-state index contributed by atoms with van der Waals surface area (Å²) in [6.45, 7) is 0. The van der Waals surface area contributed by atoms with Crippen molar-refractivity contribution in [1.29, 1.82) is 5.26 Å². The van der Waals surface area contributed by atoms with Crippen LogP contribution < -0.4 is 14.8 Å². The van der Waals surface area contributed by atoms with E-state index < -0.39 is 0 Å². The van der Waals surface area contributed by atoms with Gasteiger partial charge in [-0.05, 0) is 48.4 Å². The Labute approximate surface area is 135 Å². The van der Waals surface area contributed by atoms with Gasteiger partial charge in [0.1, 0.15) is 11.5 Å². The molecule has 0 bridgehead atoms. The second-order valence-corrected chi connectivity index (χ2v) is 4.96. The van der Waals surface area contributed by atoms with E-state index >= 15 is 0 Å². The normalized spacial score (nSPS) is 9.78. The van der Waals surface area contributed by atoms with E-state index in [0.29, 0.717) is 35.6 Å². The fourth-order valence-corrected chi connectivity index (χ4v) is 2.12. The summed E-state index contributed by atoms with van der Waals surface area (Å²) in [5.41, 5.74) is 2.21. The van der Waals surface area contributed by atoms with E-state index in [1.54, 1.807) is 44.6 Å². The number of aryl methyl sites for hydroxylation is 1. The minimum absolute atomic E-state index is 0.0866. The number of nitrogens with one attached hydrogen (secondary N) is 1. The van der Waals surface area contributed by atoms with Crippen molar-refractivity contribution in [3.63, 3.8) is 0 Å². The summed E-state index contributed by atoms with van der Waals surface area (Å²) in [6.07, 6.45) is 0.923. The number of ether oxygens (including phenoxy) is 2. The number of hydrogen-bond acceptors (Lipinski definition) is 4. The SMILES string of the molecule is COc1cc(CCC(=O)Nc2ccc(C#N)cc2)cc(OC)c1. The van der Waals surface area contributed by atoms with Gasteiger partial charge in [0.2, 0.25) is 5.91 Å². The Morgan fingerprint density at radius 1 is 1.09 bits per heavy atom. The van der Waals surface area contributed by atoms with Gasteiger partial charge in [0.25, 0.3) is 0 Å². The van der Waals surface area contributed by atoms with Gasteiger partial charge in [0.15, 0.2) is 0 Å². The van der Waals surface area contributed by atoms with Crippen molar-refractivity contribution in [2.75, 3.05) is 19.5 Å². The Morgan fingerprint density at radius 2 is 1.70 bits per heavy atom. The van der Waals surface area contributed by atoms with E-state index in [9.17, 15) is 4.79 Å². The van der Waals surface area contributed by atoms with Crippen molar-refractivity contribution in [1.82, 2.24) is 0 Å². The largest absolute Gasteiger partial charge is 0.497 e. The Balaban J connectivity index is 1.94. The maximum Gasteiger partial charge on any atom is 0.224 e. The van der Waals surface area contributed by atoms with Gasteiger partial charge >= 0.3 is 0 Å².